The number of fused-ring (bicyclic) bond motifs is 1. The van der Waals surface area contributed by atoms with Crippen molar-refractivity contribution in [3.05, 3.63) is 29.1 Å². The molecule has 1 atom stereocenters. The summed E-state index contributed by atoms with van der Waals surface area (Å²) in [6, 6.07) is 4.20. The normalized spacial score (nSPS) is 18.5. The summed E-state index contributed by atoms with van der Waals surface area (Å²) in [6.45, 7) is 6.70. The van der Waals surface area contributed by atoms with Gasteiger partial charge in [-0.05, 0) is 37.1 Å². The molecular formula is C16H22N4O2. The summed E-state index contributed by atoms with van der Waals surface area (Å²) in [5.74, 6) is 0.831. The molecule has 118 valence electrons. The Morgan fingerprint density at radius 1 is 1.41 bits per heavy atom. The van der Waals surface area contributed by atoms with Gasteiger partial charge in [-0.3, -0.25) is 4.79 Å². The van der Waals surface area contributed by atoms with Gasteiger partial charge in [0, 0.05) is 26.1 Å². The Morgan fingerprint density at radius 2 is 2.23 bits per heavy atom. The smallest absolute Gasteiger partial charge is 0.250 e. The second-order valence-corrected chi connectivity index (χ2v) is 5.74. The Labute approximate surface area is 129 Å². The minimum atomic E-state index is -0.380. The average Bonchev–Trinajstić information content (AvgIpc) is 2.90. The van der Waals surface area contributed by atoms with Gasteiger partial charge in [-0.25, -0.2) is 4.98 Å². The number of aromatic nitrogens is 2. The minimum Gasteiger partial charge on any atom is -0.366 e. The second kappa shape index (κ2) is 6.46. The van der Waals surface area contributed by atoms with Gasteiger partial charge >= 0.3 is 0 Å². The third kappa shape index (κ3) is 3.28. The largest absolute Gasteiger partial charge is 0.366 e. The van der Waals surface area contributed by atoms with Gasteiger partial charge in [-0.2, -0.15) is 0 Å². The highest BCUT2D eigenvalue weighted by atomic mass is 16.5. The number of morpholine rings is 1. The molecule has 2 heterocycles. The van der Waals surface area contributed by atoms with E-state index in [0.717, 1.165) is 23.4 Å². The van der Waals surface area contributed by atoms with Crippen molar-refractivity contribution >= 4 is 16.9 Å². The van der Waals surface area contributed by atoms with Crippen molar-refractivity contribution in [1.29, 1.82) is 0 Å². The maximum atomic E-state index is 11.9. The van der Waals surface area contributed by atoms with Gasteiger partial charge < -0.3 is 20.4 Å². The standard InChI is InChI=1S/C16H22N4O2/c1-10-7-12-13(8-11(10)2)20-15(19-12)3-4-18-16(21)14-9-17-5-6-22-14/h7-8,14,17H,3-6,9H2,1-2H3,(H,18,21)(H,19,20). The van der Waals surface area contributed by atoms with Crippen LogP contribution < -0.4 is 10.6 Å². The molecule has 22 heavy (non-hydrogen) atoms. The van der Waals surface area contributed by atoms with Gasteiger partial charge in [-0.15, -0.1) is 0 Å². The van der Waals surface area contributed by atoms with Crippen LogP contribution in [0.25, 0.3) is 11.0 Å². The lowest BCUT2D eigenvalue weighted by Gasteiger charge is -2.22. The first-order valence-electron chi connectivity index (χ1n) is 7.69. The molecule has 6 nitrogen and oxygen atoms in total. The van der Waals surface area contributed by atoms with Crippen LogP contribution in [-0.2, 0) is 16.0 Å². The highest BCUT2D eigenvalue weighted by molar-refractivity contribution is 5.81. The van der Waals surface area contributed by atoms with Crippen molar-refractivity contribution in [2.24, 2.45) is 0 Å². The highest BCUT2D eigenvalue weighted by Gasteiger charge is 2.21. The van der Waals surface area contributed by atoms with E-state index in [1.807, 2.05) is 0 Å². The molecule has 1 aromatic carbocycles. The van der Waals surface area contributed by atoms with Crippen molar-refractivity contribution in [3.8, 4) is 0 Å². The summed E-state index contributed by atoms with van der Waals surface area (Å²) in [4.78, 5) is 19.8. The van der Waals surface area contributed by atoms with Crippen LogP contribution >= 0.6 is 0 Å². The molecule has 1 aromatic heterocycles. The van der Waals surface area contributed by atoms with E-state index >= 15 is 0 Å². The number of carbonyl (C=O) groups is 1. The van der Waals surface area contributed by atoms with E-state index in [2.05, 4.69) is 46.6 Å². The Kier molecular flexibility index (Phi) is 4.40. The van der Waals surface area contributed by atoms with Gasteiger partial charge in [0.1, 0.15) is 11.9 Å². The molecule has 1 aliphatic heterocycles. The van der Waals surface area contributed by atoms with Crippen LogP contribution in [0.15, 0.2) is 12.1 Å². The Hall–Kier alpha value is -1.92. The van der Waals surface area contributed by atoms with E-state index in [9.17, 15) is 4.79 Å². The summed E-state index contributed by atoms with van der Waals surface area (Å²) in [7, 11) is 0. The Morgan fingerprint density at radius 3 is 3.00 bits per heavy atom. The SMILES string of the molecule is Cc1cc2nc(CCNC(=O)C3CNCCO3)[nH]c2cc1C. The van der Waals surface area contributed by atoms with E-state index in [1.165, 1.54) is 11.1 Å². The number of nitrogens with one attached hydrogen (secondary N) is 3. The lowest BCUT2D eigenvalue weighted by Crippen LogP contribution is -2.48. The molecule has 0 spiro atoms. The van der Waals surface area contributed by atoms with Crippen LogP contribution in [0.5, 0.6) is 0 Å². The number of amides is 1. The fraction of sp³-hybridized carbons (Fsp3) is 0.500. The number of aromatic amines is 1. The number of benzene rings is 1. The number of hydrogen-bond donors (Lipinski definition) is 3. The number of imidazole rings is 1. The number of H-pyrrole nitrogens is 1. The minimum absolute atomic E-state index is 0.0602. The van der Waals surface area contributed by atoms with Gasteiger partial charge in [0.2, 0.25) is 5.91 Å². The fourth-order valence-electron chi connectivity index (χ4n) is 2.59. The summed E-state index contributed by atoms with van der Waals surface area (Å²) >= 11 is 0. The number of carbonyl (C=O) groups excluding carboxylic acids is 1. The first-order valence-corrected chi connectivity index (χ1v) is 7.69. The number of rotatable bonds is 4. The maximum Gasteiger partial charge on any atom is 0.250 e. The molecule has 1 amide bonds. The molecule has 2 aromatic rings. The van der Waals surface area contributed by atoms with Crippen LogP contribution in [-0.4, -0.2) is 48.2 Å². The quantitative estimate of drug-likeness (QED) is 0.781. The van der Waals surface area contributed by atoms with Crippen molar-refractivity contribution in [1.82, 2.24) is 20.6 Å². The summed E-state index contributed by atoms with van der Waals surface area (Å²) < 4.78 is 5.42. The third-order valence-corrected chi connectivity index (χ3v) is 4.03. The van der Waals surface area contributed by atoms with Gasteiger partial charge in [0.05, 0.1) is 17.6 Å². The van der Waals surface area contributed by atoms with Crippen molar-refractivity contribution < 1.29 is 9.53 Å². The Balaban J connectivity index is 1.56. The zero-order valence-electron chi connectivity index (χ0n) is 13.0. The van der Waals surface area contributed by atoms with E-state index in [1.54, 1.807) is 0 Å². The predicted octanol–water partition coefficient (Wildman–Crippen LogP) is 0.827. The summed E-state index contributed by atoms with van der Waals surface area (Å²) in [6.07, 6.45) is 0.299. The molecule has 0 radical (unpaired) electrons. The van der Waals surface area contributed by atoms with Gasteiger partial charge in [-0.1, -0.05) is 0 Å². The number of ether oxygens (including phenoxy) is 1. The van der Waals surface area contributed by atoms with Crippen LogP contribution in [0, 0.1) is 13.8 Å². The van der Waals surface area contributed by atoms with Crippen molar-refractivity contribution in [2.75, 3.05) is 26.2 Å². The molecule has 6 heteroatoms. The zero-order valence-corrected chi connectivity index (χ0v) is 13.0. The summed E-state index contributed by atoms with van der Waals surface area (Å²) in [5.41, 5.74) is 4.51. The Bertz CT molecular complexity index is 635. The van der Waals surface area contributed by atoms with E-state index in [4.69, 9.17) is 4.74 Å². The fourth-order valence-corrected chi connectivity index (χ4v) is 2.59. The van der Waals surface area contributed by atoms with E-state index in [0.29, 0.717) is 26.1 Å². The van der Waals surface area contributed by atoms with Gasteiger partial charge in [0.15, 0.2) is 0 Å². The average molecular weight is 302 g/mol. The monoisotopic (exact) mass is 302 g/mol. The van der Waals surface area contributed by atoms with Gasteiger partial charge in [0.25, 0.3) is 0 Å². The highest BCUT2D eigenvalue weighted by Crippen LogP contribution is 2.17. The molecule has 3 N–H and O–H groups in total. The molecule has 3 rings (SSSR count). The molecule has 1 aliphatic rings. The third-order valence-electron chi connectivity index (χ3n) is 4.03. The van der Waals surface area contributed by atoms with E-state index in [-0.39, 0.29) is 12.0 Å². The lowest BCUT2D eigenvalue weighted by atomic mass is 10.1. The number of nitrogens with zero attached hydrogens (tertiary/aromatic N) is 1. The van der Waals surface area contributed by atoms with E-state index < -0.39 is 0 Å². The molecule has 1 saturated heterocycles. The van der Waals surface area contributed by atoms with Crippen molar-refractivity contribution in [2.45, 2.75) is 26.4 Å². The molecule has 0 aliphatic carbocycles. The molecule has 1 fully saturated rings. The van der Waals surface area contributed by atoms with Crippen LogP contribution in [0.3, 0.4) is 0 Å². The zero-order chi connectivity index (χ0) is 15.5. The van der Waals surface area contributed by atoms with Crippen LogP contribution in [0.4, 0.5) is 0 Å². The van der Waals surface area contributed by atoms with Crippen LogP contribution in [0.2, 0.25) is 0 Å². The number of aryl methyl sites for hydroxylation is 2. The summed E-state index contributed by atoms with van der Waals surface area (Å²) in [5, 5.41) is 6.05. The van der Waals surface area contributed by atoms with Crippen molar-refractivity contribution in [3.63, 3.8) is 0 Å². The van der Waals surface area contributed by atoms with Crippen LogP contribution in [0.1, 0.15) is 17.0 Å². The number of hydrogen-bond acceptors (Lipinski definition) is 4. The predicted molar refractivity (Wildman–Crippen MR) is 84.9 cm³/mol. The molecule has 0 saturated carbocycles. The maximum absolute atomic E-state index is 11.9. The topological polar surface area (TPSA) is 79.0 Å². The lowest BCUT2D eigenvalue weighted by molar-refractivity contribution is -0.134. The first kappa shape index (κ1) is 15.0. The molecule has 1 unspecified atom stereocenters. The first-order chi connectivity index (χ1) is 10.6. The molecule has 0 bridgehead atoms. The second-order valence-electron chi connectivity index (χ2n) is 5.74. The molecular weight excluding hydrogens is 280 g/mol.